The minimum Gasteiger partial charge on any atom is -0.374 e. The molecule has 4 atom stereocenters. The summed E-state index contributed by atoms with van der Waals surface area (Å²) in [5.74, 6) is -4.60. The van der Waals surface area contributed by atoms with Gasteiger partial charge in [0.05, 0.1) is 17.8 Å². The van der Waals surface area contributed by atoms with E-state index in [2.05, 4.69) is 24.3 Å². The van der Waals surface area contributed by atoms with Gasteiger partial charge in [0.25, 0.3) is 5.92 Å². The van der Waals surface area contributed by atoms with Crippen molar-refractivity contribution in [3.05, 3.63) is 52.8 Å². The Labute approximate surface area is 186 Å². The van der Waals surface area contributed by atoms with Gasteiger partial charge in [0.1, 0.15) is 5.41 Å². The normalized spacial score (nSPS) is 30.6. The Hall–Kier alpha value is -2.35. The number of rotatable bonds is 5. The van der Waals surface area contributed by atoms with E-state index in [1.54, 1.807) is 16.8 Å². The molecule has 4 rings (SSSR count). The van der Waals surface area contributed by atoms with Crippen LogP contribution in [-0.4, -0.2) is 33.8 Å². The molecule has 1 aromatic carbocycles. The molecule has 0 bridgehead atoms. The molecular weight excluding hydrogens is 418 g/mol. The average molecular weight is 447 g/mol. The minimum absolute atomic E-state index is 0.217. The number of fused-ring (bicyclic) bond motifs is 1. The molecule has 166 valence electrons. The first kappa shape index (κ1) is 21.9. The van der Waals surface area contributed by atoms with Crippen molar-refractivity contribution in [1.29, 1.82) is 0 Å². The van der Waals surface area contributed by atoms with E-state index >= 15 is 0 Å². The number of halogens is 2. The van der Waals surface area contributed by atoms with Crippen LogP contribution in [0.15, 0.2) is 30.5 Å². The number of aromatic nitrogens is 2. The van der Waals surface area contributed by atoms with Crippen LogP contribution in [0.25, 0.3) is 0 Å². The van der Waals surface area contributed by atoms with Crippen LogP contribution in [0.2, 0.25) is 0 Å². The van der Waals surface area contributed by atoms with Crippen LogP contribution in [0.1, 0.15) is 74.3 Å². The van der Waals surface area contributed by atoms with Crippen LogP contribution in [0.4, 0.5) is 8.78 Å². The lowest BCUT2D eigenvalue weighted by Gasteiger charge is -2.30. The Balaban J connectivity index is 1.74. The number of carbonyl (C=O) groups excluding carboxylic acids is 1. The fourth-order valence-electron chi connectivity index (χ4n) is 5.80. The molecule has 0 aliphatic heterocycles. The van der Waals surface area contributed by atoms with Crippen molar-refractivity contribution in [3.8, 4) is 0 Å². The summed E-state index contributed by atoms with van der Waals surface area (Å²) in [6.45, 7) is 5.61. The first-order valence-corrected chi connectivity index (χ1v) is 11.1. The highest BCUT2D eigenvalue weighted by molar-refractivity contribution is 7.80. The summed E-state index contributed by atoms with van der Waals surface area (Å²) in [4.78, 5) is 12.1. The van der Waals surface area contributed by atoms with Crippen molar-refractivity contribution in [2.45, 2.75) is 63.2 Å². The highest BCUT2D eigenvalue weighted by atomic mass is 32.1. The van der Waals surface area contributed by atoms with Crippen LogP contribution in [0, 0.1) is 5.41 Å². The van der Waals surface area contributed by atoms with Gasteiger partial charge in [-0.1, -0.05) is 44.5 Å². The van der Waals surface area contributed by atoms with Crippen LogP contribution in [-0.2, 0) is 10.2 Å². The van der Waals surface area contributed by atoms with Gasteiger partial charge in [-0.15, -0.1) is 0 Å². The molecular formula is C23H28F2N4OS. The average Bonchev–Trinajstić information content (AvgIpc) is 3.07. The van der Waals surface area contributed by atoms with E-state index in [0.29, 0.717) is 5.56 Å². The number of carbonyl (C=O) groups is 1. The van der Waals surface area contributed by atoms with Crippen molar-refractivity contribution < 1.29 is 13.6 Å². The molecule has 31 heavy (non-hydrogen) atoms. The summed E-state index contributed by atoms with van der Waals surface area (Å²) in [5.41, 5.74) is 7.58. The number of hydrogen-bond donors (Lipinski definition) is 2. The third-order valence-corrected chi connectivity index (χ3v) is 7.55. The Morgan fingerprint density at radius 3 is 2.55 bits per heavy atom. The van der Waals surface area contributed by atoms with Gasteiger partial charge in [-0.3, -0.25) is 4.79 Å². The van der Waals surface area contributed by atoms with Gasteiger partial charge in [-0.2, -0.15) is 5.10 Å². The van der Waals surface area contributed by atoms with Gasteiger partial charge in [-0.05, 0) is 43.1 Å². The predicted octanol–water partition coefficient (Wildman–Crippen LogP) is 4.05. The maximum atomic E-state index is 14.6. The van der Waals surface area contributed by atoms with E-state index in [1.807, 2.05) is 18.3 Å². The zero-order chi connectivity index (χ0) is 22.8. The Morgan fingerprint density at radius 2 is 2.00 bits per heavy atom. The summed E-state index contributed by atoms with van der Waals surface area (Å²) in [6.07, 6.45) is 4.59. The quantitative estimate of drug-likeness (QED) is 0.680. The zero-order valence-corrected chi connectivity index (χ0v) is 19.0. The number of alkyl halides is 2. The molecule has 5 nitrogen and oxygen atoms in total. The second kappa shape index (κ2) is 7.08. The summed E-state index contributed by atoms with van der Waals surface area (Å²) in [6, 6.07) is 7.37. The van der Waals surface area contributed by atoms with Gasteiger partial charge in [-0.25, -0.2) is 13.5 Å². The zero-order valence-electron chi connectivity index (χ0n) is 18.2. The molecule has 1 saturated carbocycles. The Morgan fingerprint density at radius 1 is 1.35 bits per heavy atom. The lowest BCUT2D eigenvalue weighted by atomic mass is 9.72. The smallest absolute Gasteiger partial charge is 0.270 e. The summed E-state index contributed by atoms with van der Waals surface area (Å²) >= 11 is 5.17. The van der Waals surface area contributed by atoms with E-state index in [4.69, 9.17) is 18.0 Å². The molecule has 1 heterocycles. The lowest BCUT2D eigenvalue weighted by Crippen LogP contribution is -2.31. The van der Waals surface area contributed by atoms with Crippen molar-refractivity contribution in [1.82, 2.24) is 15.1 Å². The standard InChI is InChI=1S/C23H28F2N4OS/c1-5-10-22(11-13(2)17-16(22)12-28-29(17)20(26)31)15-8-6-14(7-9-15)18-21(3,19(30)27-4)23(18,24)25/h6-9,12-13,18H,5,10-11H2,1-4H3,(H2,26,31)(H,27,30)/t13?,18-,21+,22-/m1/s1. The number of nitrogens with one attached hydrogen (secondary N) is 1. The van der Waals surface area contributed by atoms with Crippen molar-refractivity contribution in [3.63, 3.8) is 0 Å². The topological polar surface area (TPSA) is 72.9 Å². The molecule has 3 N–H and O–H groups in total. The van der Waals surface area contributed by atoms with E-state index in [9.17, 15) is 13.6 Å². The van der Waals surface area contributed by atoms with Crippen LogP contribution in [0.3, 0.4) is 0 Å². The van der Waals surface area contributed by atoms with E-state index in [-0.39, 0.29) is 16.4 Å². The first-order chi connectivity index (χ1) is 14.6. The number of nitrogens with two attached hydrogens (primary N) is 1. The summed E-state index contributed by atoms with van der Waals surface area (Å²) < 4.78 is 30.8. The van der Waals surface area contributed by atoms with Crippen LogP contribution < -0.4 is 11.1 Å². The fraction of sp³-hybridized carbons (Fsp3) is 0.522. The molecule has 0 spiro atoms. The highest BCUT2D eigenvalue weighted by Crippen LogP contribution is 2.71. The summed E-state index contributed by atoms with van der Waals surface area (Å²) in [7, 11) is 1.39. The first-order valence-electron chi connectivity index (χ1n) is 10.6. The second-order valence-electron chi connectivity index (χ2n) is 9.09. The molecule has 0 saturated heterocycles. The lowest BCUT2D eigenvalue weighted by molar-refractivity contribution is -0.128. The van der Waals surface area contributed by atoms with E-state index in [1.165, 1.54) is 14.0 Å². The molecule has 1 fully saturated rings. The van der Waals surface area contributed by atoms with Gasteiger partial charge in [0.15, 0.2) is 5.11 Å². The van der Waals surface area contributed by atoms with Crippen molar-refractivity contribution in [2.75, 3.05) is 7.05 Å². The number of hydrogen-bond acceptors (Lipinski definition) is 3. The van der Waals surface area contributed by atoms with E-state index in [0.717, 1.165) is 36.1 Å². The van der Waals surface area contributed by atoms with Gasteiger partial charge in [0.2, 0.25) is 5.91 Å². The third kappa shape index (κ3) is 2.80. The van der Waals surface area contributed by atoms with Gasteiger partial charge >= 0.3 is 0 Å². The molecule has 1 unspecified atom stereocenters. The molecule has 1 amide bonds. The second-order valence-corrected chi connectivity index (χ2v) is 9.51. The molecule has 2 aliphatic carbocycles. The molecule has 2 aromatic rings. The summed E-state index contributed by atoms with van der Waals surface area (Å²) in [5, 5.41) is 7.02. The highest BCUT2D eigenvalue weighted by Gasteiger charge is 2.82. The molecule has 0 radical (unpaired) electrons. The number of thiocarbonyl (C=S) groups is 1. The monoisotopic (exact) mass is 446 g/mol. The Bertz CT molecular complexity index is 1050. The van der Waals surface area contributed by atoms with Crippen LogP contribution in [0.5, 0.6) is 0 Å². The molecule has 2 aliphatic rings. The van der Waals surface area contributed by atoms with Crippen LogP contribution >= 0.6 is 12.2 Å². The SMILES string of the molecule is CCC[C@]1(c2ccc([C@H]3C(F)(F)[C@]3(C)C(=O)NC)cc2)CC(C)c2c1cnn2C(N)=S. The molecule has 1 aromatic heterocycles. The van der Waals surface area contributed by atoms with Crippen molar-refractivity contribution in [2.24, 2.45) is 11.1 Å². The largest absolute Gasteiger partial charge is 0.374 e. The van der Waals surface area contributed by atoms with Crippen molar-refractivity contribution >= 4 is 23.2 Å². The maximum Gasteiger partial charge on any atom is 0.270 e. The number of nitrogens with zero attached hydrogens (tertiary/aromatic N) is 2. The minimum atomic E-state index is -3.07. The molecule has 8 heteroatoms. The predicted molar refractivity (Wildman–Crippen MR) is 119 cm³/mol. The maximum absolute atomic E-state index is 14.6. The van der Waals surface area contributed by atoms with Gasteiger partial charge in [0, 0.05) is 23.9 Å². The van der Waals surface area contributed by atoms with E-state index < -0.39 is 23.2 Å². The van der Waals surface area contributed by atoms with Gasteiger partial charge < -0.3 is 11.1 Å². The number of amides is 1. The fourth-order valence-corrected chi connectivity index (χ4v) is 5.94. The third-order valence-electron chi connectivity index (χ3n) is 7.37. The number of benzene rings is 1. The Kier molecular flexibility index (Phi) is 5.00.